The lowest BCUT2D eigenvalue weighted by atomic mass is 9.78. The highest BCUT2D eigenvalue weighted by molar-refractivity contribution is 5.48. The second-order valence-corrected chi connectivity index (χ2v) is 9.64. The minimum atomic E-state index is -0.123. The molecule has 0 atom stereocenters. The van der Waals surface area contributed by atoms with Crippen LogP contribution in [0.1, 0.15) is 49.9 Å². The maximum absolute atomic E-state index is 6.12. The fraction of sp³-hybridized carbons (Fsp3) is 0.200. The van der Waals surface area contributed by atoms with Crippen molar-refractivity contribution < 1.29 is 4.74 Å². The lowest BCUT2D eigenvalue weighted by molar-refractivity contribution is 0.481. The summed E-state index contributed by atoms with van der Waals surface area (Å²) in [4.78, 5) is 0. The minimum absolute atomic E-state index is 0.123. The van der Waals surface area contributed by atoms with Crippen LogP contribution in [0.5, 0.6) is 11.5 Å². The first-order valence-electron chi connectivity index (χ1n) is 11.3. The number of hydrogen-bond donors (Lipinski definition) is 2. The molecular weight excluding hydrogens is 404 g/mol. The van der Waals surface area contributed by atoms with Crippen molar-refractivity contribution in [3.05, 3.63) is 119 Å². The largest absolute Gasteiger partial charge is 0.457 e. The van der Waals surface area contributed by atoms with E-state index < -0.39 is 0 Å². The molecule has 0 aliphatic carbocycles. The van der Waals surface area contributed by atoms with Gasteiger partial charge in [-0.25, -0.2) is 0 Å². The Bertz CT molecular complexity index is 1110. The van der Waals surface area contributed by atoms with Crippen molar-refractivity contribution in [3.8, 4) is 11.5 Å². The van der Waals surface area contributed by atoms with E-state index in [0.717, 1.165) is 22.9 Å². The Kier molecular flexibility index (Phi) is 5.90. The molecule has 0 heterocycles. The molecule has 0 saturated carbocycles. The van der Waals surface area contributed by atoms with Crippen LogP contribution in [-0.2, 0) is 10.8 Å². The van der Waals surface area contributed by atoms with Crippen LogP contribution < -0.4 is 16.2 Å². The fourth-order valence-electron chi connectivity index (χ4n) is 4.15. The summed E-state index contributed by atoms with van der Waals surface area (Å²) in [5.41, 5.74) is 17.9. The van der Waals surface area contributed by atoms with Gasteiger partial charge in [-0.1, -0.05) is 76.2 Å². The Labute approximate surface area is 197 Å². The molecule has 4 aromatic rings. The predicted molar refractivity (Wildman–Crippen MR) is 139 cm³/mol. The first-order valence-corrected chi connectivity index (χ1v) is 11.3. The summed E-state index contributed by atoms with van der Waals surface area (Å²) in [5, 5.41) is 0. The van der Waals surface area contributed by atoms with Crippen molar-refractivity contribution in [3.63, 3.8) is 0 Å². The second-order valence-electron chi connectivity index (χ2n) is 9.64. The summed E-state index contributed by atoms with van der Waals surface area (Å²) in [6.07, 6.45) is 0. The van der Waals surface area contributed by atoms with Crippen LogP contribution in [-0.4, -0.2) is 0 Å². The van der Waals surface area contributed by atoms with Gasteiger partial charge in [0.05, 0.1) is 0 Å². The van der Waals surface area contributed by atoms with Crippen molar-refractivity contribution >= 4 is 11.4 Å². The van der Waals surface area contributed by atoms with Gasteiger partial charge >= 0.3 is 0 Å². The number of ether oxygens (including phenoxy) is 1. The van der Waals surface area contributed by atoms with E-state index >= 15 is 0 Å². The van der Waals surface area contributed by atoms with E-state index in [0.29, 0.717) is 0 Å². The molecular formula is C30H32N2O. The molecule has 0 radical (unpaired) electrons. The van der Waals surface area contributed by atoms with Gasteiger partial charge in [-0.15, -0.1) is 0 Å². The zero-order valence-electron chi connectivity index (χ0n) is 19.8. The van der Waals surface area contributed by atoms with Crippen LogP contribution in [0.4, 0.5) is 11.4 Å². The maximum atomic E-state index is 6.12. The number of benzene rings is 4. The van der Waals surface area contributed by atoms with Crippen molar-refractivity contribution in [2.75, 3.05) is 11.5 Å². The highest BCUT2D eigenvalue weighted by atomic mass is 16.5. The molecule has 0 fully saturated rings. The summed E-state index contributed by atoms with van der Waals surface area (Å²) in [7, 11) is 0. The van der Waals surface area contributed by atoms with E-state index in [-0.39, 0.29) is 10.8 Å². The van der Waals surface area contributed by atoms with Gasteiger partial charge < -0.3 is 16.2 Å². The molecule has 3 nitrogen and oxygen atoms in total. The zero-order valence-corrected chi connectivity index (χ0v) is 19.8. The van der Waals surface area contributed by atoms with Crippen molar-refractivity contribution in [2.24, 2.45) is 0 Å². The summed E-state index contributed by atoms with van der Waals surface area (Å²) in [5.74, 6) is 1.63. The van der Waals surface area contributed by atoms with E-state index in [1.165, 1.54) is 22.3 Å². The number of anilines is 2. The van der Waals surface area contributed by atoms with Crippen molar-refractivity contribution in [1.82, 2.24) is 0 Å². The average Bonchev–Trinajstić information content (AvgIpc) is 2.80. The molecule has 168 valence electrons. The highest BCUT2D eigenvalue weighted by Gasteiger charge is 2.24. The number of nitrogen functional groups attached to an aromatic ring is 2. The molecule has 4 rings (SSSR count). The van der Waals surface area contributed by atoms with Gasteiger partial charge in [0.25, 0.3) is 0 Å². The van der Waals surface area contributed by atoms with Gasteiger partial charge in [-0.05, 0) is 70.8 Å². The van der Waals surface area contributed by atoms with Gasteiger partial charge in [0, 0.05) is 22.2 Å². The molecule has 0 aliphatic heterocycles. The Morgan fingerprint density at radius 2 is 0.667 bits per heavy atom. The van der Waals surface area contributed by atoms with Crippen LogP contribution in [0, 0.1) is 0 Å². The Balaban J connectivity index is 1.48. The number of rotatable bonds is 6. The van der Waals surface area contributed by atoms with Gasteiger partial charge in [-0.2, -0.15) is 0 Å². The lowest BCUT2D eigenvalue weighted by Gasteiger charge is -2.27. The van der Waals surface area contributed by atoms with Crippen molar-refractivity contribution in [1.29, 1.82) is 0 Å². The molecule has 0 amide bonds. The maximum Gasteiger partial charge on any atom is 0.127 e. The standard InChI is InChI=1S/C30H32N2O/c1-29(2,21-5-13-25(31)14-6-21)23-9-17-27(18-10-23)33-28-19-11-24(12-20-28)30(3,4)22-7-15-26(32)16-8-22/h5-20H,31-32H2,1-4H3. The monoisotopic (exact) mass is 436 g/mol. The van der Waals surface area contributed by atoms with Crippen LogP contribution in [0.15, 0.2) is 97.1 Å². The van der Waals surface area contributed by atoms with Crippen LogP contribution in [0.2, 0.25) is 0 Å². The average molecular weight is 437 g/mol. The normalized spacial score (nSPS) is 11.9. The van der Waals surface area contributed by atoms with E-state index in [9.17, 15) is 0 Å². The topological polar surface area (TPSA) is 61.3 Å². The van der Waals surface area contributed by atoms with Gasteiger partial charge in [0.15, 0.2) is 0 Å². The van der Waals surface area contributed by atoms with E-state index in [1.54, 1.807) is 0 Å². The summed E-state index contributed by atoms with van der Waals surface area (Å²) in [6.45, 7) is 8.87. The SMILES string of the molecule is CC(C)(c1ccc(N)cc1)c1ccc(Oc2ccc(C(C)(C)c3ccc(N)cc3)cc2)cc1. The van der Waals surface area contributed by atoms with Crippen LogP contribution in [0.25, 0.3) is 0 Å². The molecule has 3 heteroatoms. The van der Waals surface area contributed by atoms with Crippen LogP contribution >= 0.6 is 0 Å². The van der Waals surface area contributed by atoms with E-state index in [2.05, 4.69) is 76.2 Å². The molecule has 0 saturated heterocycles. The highest BCUT2D eigenvalue weighted by Crippen LogP contribution is 2.35. The molecule has 33 heavy (non-hydrogen) atoms. The molecule has 0 aliphatic rings. The van der Waals surface area contributed by atoms with Gasteiger partial charge in [0.1, 0.15) is 11.5 Å². The summed E-state index contributed by atoms with van der Waals surface area (Å²) >= 11 is 0. The molecule has 4 N–H and O–H groups in total. The predicted octanol–water partition coefficient (Wildman–Crippen LogP) is 7.30. The quantitative estimate of drug-likeness (QED) is 0.312. The lowest BCUT2D eigenvalue weighted by Crippen LogP contribution is -2.18. The molecule has 0 bridgehead atoms. The second kappa shape index (κ2) is 8.67. The minimum Gasteiger partial charge on any atom is -0.457 e. The first kappa shape index (κ1) is 22.5. The van der Waals surface area contributed by atoms with Gasteiger partial charge in [0.2, 0.25) is 0 Å². The van der Waals surface area contributed by atoms with Crippen LogP contribution in [0.3, 0.4) is 0 Å². The number of hydrogen-bond acceptors (Lipinski definition) is 3. The fourth-order valence-corrected chi connectivity index (χ4v) is 4.15. The molecule has 4 aromatic carbocycles. The Morgan fingerprint density at radius 1 is 0.424 bits per heavy atom. The first-order chi connectivity index (χ1) is 15.7. The van der Waals surface area contributed by atoms with E-state index in [4.69, 9.17) is 16.2 Å². The van der Waals surface area contributed by atoms with E-state index in [1.807, 2.05) is 48.5 Å². The third-order valence-corrected chi connectivity index (χ3v) is 6.65. The third kappa shape index (κ3) is 4.73. The Morgan fingerprint density at radius 3 is 0.939 bits per heavy atom. The van der Waals surface area contributed by atoms with Crippen molar-refractivity contribution in [2.45, 2.75) is 38.5 Å². The summed E-state index contributed by atoms with van der Waals surface area (Å²) < 4.78 is 6.12. The number of nitrogens with two attached hydrogens (primary N) is 2. The molecule has 0 aromatic heterocycles. The smallest absolute Gasteiger partial charge is 0.127 e. The third-order valence-electron chi connectivity index (χ3n) is 6.65. The molecule has 0 unspecified atom stereocenters. The summed E-state index contributed by atoms with van der Waals surface area (Å²) in [6, 6.07) is 32.8. The molecule has 0 spiro atoms. The zero-order chi connectivity index (χ0) is 23.6. The Hall–Kier alpha value is -3.72. The van der Waals surface area contributed by atoms with Gasteiger partial charge in [-0.3, -0.25) is 0 Å².